The van der Waals surface area contributed by atoms with Crippen molar-refractivity contribution < 1.29 is 14.5 Å². The van der Waals surface area contributed by atoms with Crippen LogP contribution in [0, 0.1) is 10.1 Å². The van der Waals surface area contributed by atoms with Gasteiger partial charge in [-0.15, -0.1) is 0 Å². The van der Waals surface area contributed by atoms with Crippen molar-refractivity contribution >= 4 is 17.3 Å². The van der Waals surface area contributed by atoms with Gasteiger partial charge < -0.3 is 15.0 Å². The third-order valence-electron chi connectivity index (χ3n) is 4.08. The number of carbonyl (C=O) groups is 1. The van der Waals surface area contributed by atoms with Crippen LogP contribution in [0.5, 0.6) is 0 Å². The summed E-state index contributed by atoms with van der Waals surface area (Å²) in [6, 6.07) is 14.1. The molecule has 7 nitrogen and oxygen atoms in total. The number of anilines is 1. The van der Waals surface area contributed by atoms with Crippen LogP contribution in [-0.4, -0.2) is 37.1 Å². The van der Waals surface area contributed by atoms with E-state index in [0.717, 1.165) is 5.56 Å². The largest absolute Gasteiger partial charge is 0.378 e. The molecular weight excluding hydrogens is 322 g/mol. The molecule has 25 heavy (non-hydrogen) atoms. The van der Waals surface area contributed by atoms with Gasteiger partial charge in [0.25, 0.3) is 11.6 Å². The Morgan fingerprint density at radius 3 is 2.56 bits per heavy atom. The Morgan fingerprint density at radius 2 is 1.88 bits per heavy atom. The van der Waals surface area contributed by atoms with Gasteiger partial charge in [0.1, 0.15) is 5.69 Å². The van der Waals surface area contributed by atoms with E-state index in [4.69, 9.17) is 4.74 Å². The third kappa shape index (κ3) is 4.13. The van der Waals surface area contributed by atoms with Crippen LogP contribution in [-0.2, 0) is 11.3 Å². The summed E-state index contributed by atoms with van der Waals surface area (Å²) in [5.74, 6) is -0.333. The lowest BCUT2D eigenvalue weighted by Gasteiger charge is -2.28. The quantitative estimate of drug-likeness (QED) is 0.667. The molecule has 1 aliphatic rings. The SMILES string of the molecule is O=C(NCc1ccccc1)c1ccc(N2CCOCC2)c([N+](=O)[O-])c1. The van der Waals surface area contributed by atoms with Crippen LogP contribution in [0.4, 0.5) is 11.4 Å². The average molecular weight is 341 g/mol. The number of nitro benzene ring substituents is 1. The van der Waals surface area contributed by atoms with Crippen molar-refractivity contribution in [2.45, 2.75) is 6.54 Å². The molecule has 7 heteroatoms. The van der Waals surface area contributed by atoms with Gasteiger partial charge in [-0.25, -0.2) is 0 Å². The molecule has 0 bridgehead atoms. The highest BCUT2D eigenvalue weighted by atomic mass is 16.6. The molecule has 1 saturated heterocycles. The van der Waals surface area contributed by atoms with Crippen molar-refractivity contribution in [2.75, 3.05) is 31.2 Å². The van der Waals surface area contributed by atoms with Crippen LogP contribution in [0.3, 0.4) is 0 Å². The van der Waals surface area contributed by atoms with Crippen LogP contribution >= 0.6 is 0 Å². The first-order chi connectivity index (χ1) is 12.1. The molecule has 0 aliphatic carbocycles. The van der Waals surface area contributed by atoms with Crippen molar-refractivity contribution in [3.63, 3.8) is 0 Å². The Morgan fingerprint density at radius 1 is 1.16 bits per heavy atom. The lowest BCUT2D eigenvalue weighted by atomic mass is 10.1. The van der Waals surface area contributed by atoms with Crippen LogP contribution in [0.1, 0.15) is 15.9 Å². The first kappa shape index (κ1) is 16.9. The molecule has 0 aromatic heterocycles. The number of morpholine rings is 1. The number of nitro groups is 1. The summed E-state index contributed by atoms with van der Waals surface area (Å²) >= 11 is 0. The number of hydrogen-bond donors (Lipinski definition) is 1. The predicted octanol–water partition coefficient (Wildman–Crippen LogP) is 2.36. The summed E-state index contributed by atoms with van der Waals surface area (Å²) in [5, 5.41) is 14.2. The van der Waals surface area contributed by atoms with Gasteiger partial charge in [0.15, 0.2) is 0 Å². The van der Waals surface area contributed by atoms with Crippen molar-refractivity contribution in [3.8, 4) is 0 Å². The summed E-state index contributed by atoms with van der Waals surface area (Å²) in [6.07, 6.45) is 0. The molecule has 0 atom stereocenters. The zero-order valence-corrected chi connectivity index (χ0v) is 13.7. The van der Waals surface area contributed by atoms with E-state index in [0.29, 0.717) is 38.5 Å². The fourth-order valence-electron chi connectivity index (χ4n) is 2.76. The van der Waals surface area contributed by atoms with Gasteiger partial charge >= 0.3 is 0 Å². The molecule has 1 fully saturated rings. The number of rotatable bonds is 5. The van der Waals surface area contributed by atoms with E-state index in [1.807, 2.05) is 35.2 Å². The maximum atomic E-state index is 12.3. The number of ether oxygens (including phenoxy) is 1. The molecule has 2 aromatic rings. The van der Waals surface area contributed by atoms with Crippen LogP contribution in [0.15, 0.2) is 48.5 Å². The first-order valence-corrected chi connectivity index (χ1v) is 8.08. The Bertz CT molecular complexity index is 758. The summed E-state index contributed by atoms with van der Waals surface area (Å²) in [7, 11) is 0. The van der Waals surface area contributed by atoms with Gasteiger partial charge in [0.2, 0.25) is 0 Å². The lowest BCUT2D eigenvalue weighted by Crippen LogP contribution is -2.36. The van der Waals surface area contributed by atoms with Crippen LogP contribution in [0.25, 0.3) is 0 Å². The van der Waals surface area contributed by atoms with E-state index >= 15 is 0 Å². The van der Waals surface area contributed by atoms with Crippen molar-refractivity contribution in [1.82, 2.24) is 5.32 Å². The van der Waals surface area contributed by atoms with E-state index in [9.17, 15) is 14.9 Å². The maximum absolute atomic E-state index is 12.3. The molecule has 1 N–H and O–H groups in total. The summed E-state index contributed by atoms with van der Waals surface area (Å²) in [5.41, 5.74) is 1.71. The second-order valence-corrected chi connectivity index (χ2v) is 5.73. The minimum Gasteiger partial charge on any atom is -0.378 e. The third-order valence-corrected chi connectivity index (χ3v) is 4.08. The monoisotopic (exact) mass is 341 g/mol. The number of nitrogens with one attached hydrogen (secondary N) is 1. The molecular formula is C18H19N3O4. The Hall–Kier alpha value is -2.93. The number of amides is 1. The second kappa shape index (κ2) is 7.76. The summed E-state index contributed by atoms with van der Waals surface area (Å²) in [6.45, 7) is 2.65. The molecule has 1 amide bonds. The molecule has 2 aromatic carbocycles. The molecule has 0 radical (unpaired) electrons. The highest BCUT2D eigenvalue weighted by Gasteiger charge is 2.23. The predicted molar refractivity (Wildman–Crippen MR) is 93.7 cm³/mol. The smallest absolute Gasteiger partial charge is 0.293 e. The Balaban J connectivity index is 1.76. The van der Waals surface area contributed by atoms with E-state index in [1.54, 1.807) is 12.1 Å². The van der Waals surface area contributed by atoms with Crippen molar-refractivity contribution in [1.29, 1.82) is 0 Å². The van der Waals surface area contributed by atoms with Gasteiger partial charge in [0.05, 0.1) is 18.1 Å². The number of hydrogen-bond acceptors (Lipinski definition) is 5. The Labute approximate surface area is 145 Å². The van der Waals surface area contributed by atoms with Crippen LogP contribution < -0.4 is 10.2 Å². The molecule has 130 valence electrons. The molecule has 0 unspecified atom stereocenters. The van der Waals surface area contributed by atoms with Crippen molar-refractivity contribution in [3.05, 3.63) is 69.8 Å². The molecule has 1 aliphatic heterocycles. The van der Waals surface area contributed by atoms with E-state index in [-0.39, 0.29) is 17.2 Å². The second-order valence-electron chi connectivity index (χ2n) is 5.73. The van der Waals surface area contributed by atoms with E-state index < -0.39 is 4.92 Å². The van der Waals surface area contributed by atoms with Crippen molar-refractivity contribution in [2.24, 2.45) is 0 Å². The summed E-state index contributed by atoms with van der Waals surface area (Å²) < 4.78 is 5.28. The zero-order chi connectivity index (χ0) is 17.6. The highest BCUT2D eigenvalue weighted by Crippen LogP contribution is 2.29. The fourth-order valence-corrected chi connectivity index (χ4v) is 2.76. The Kier molecular flexibility index (Phi) is 5.25. The van der Waals surface area contributed by atoms with Gasteiger partial charge in [-0.2, -0.15) is 0 Å². The number of benzene rings is 2. The number of carbonyl (C=O) groups excluding carboxylic acids is 1. The summed E-state index contributed by atoms with van der Waals surface area (Å²) in [4.78, 5) is 25.2. The first-order valence-electron chi connectivity index (χ1n) is 8.08. The molecule has 3 rings (SSSR count). The maximum Gasteiger partial charge on any atom is 0.293 e. The van der Waals surface area contributed by atoms with Crippen LogP contribution in [0.2, 0.25) is 0 Å². The molecule has 1 heterocycles. The highest BCUT2D eigenvalue weighted by molar-refractivity contribution is 5.95. The molecule has 0 saturated carbocycles. The van der Waals surface area contributed by atoms with E-state index in [2.05, 4.69) is 5.32 Å². The minimum absolute atomic E-state index is 0.0609. The number of nitrogens with zero attached hydrogens (tertiary/aromatic N) is 2. The topological polar surface area (TPSA) is 84.7 Å². The normalized spacial score (nSPS) is 14.2. The standard InChI is InChI=1S/C18H19N3O4/c22-18(19-13-14-4-2-1-3-5-14)15-6-7-16(17(12-15)21(23)24)20-8-10-25-11-9-20/h1-7,12H,8-11,13H2,(H,19,22). The van der Waals surface area contributed by atoms with E-state index in [1.165, 1.54) is 6.07 Å². The lowest BCUT2D eigenvalue weighted by molar-refractivity contribution is -0.384. The van der Waals surface area contributed by atoms with Gasteiger partial charge in [-0.1, -0.05) is 30.3 Å². The van der Waals surface area contributed by atoms with Gasteiger partial charge in [-0.05, 0) is 17.7 Å². The fraction of sp³-hybridized carbons (Fsp3) is 0.278. The zero-order valence-electron chi connectivity index (χ0n) is 13.7. The minimum atomic E-state index is -0.446. The van der Waals surface area contributed by atoms with Gasteiger partial charge in [-0.3, -0.25) is 14.9 Å². The van der Waals surface area contributed by atoms with Gasteiger partial charge in [0, 0.05) is 31.3 Å². The average Bonchev–Trinajstić information content (AvgIpc) is 2.67. The molecule has 0 spiro atoms.